The number of hydrogen-bond acceptors (Lipinski definition) is 5. The topological polar surface area (TPSA) is 77.8 Å². The van der Waals surface area contributed by atoms with Gasteiger partial charge in [0.1, 0.15) is 18.5 Å². The highest BCUT2D eigenvalue weighted by molar-refractivity contribution is 5.78. The summed E-state index contributed by atoms with van der Waals surface area (Å²) in [6, 6.07) is 7.43. The van der Waals surface area contributed by atoms with Crippen molar-refractivity contribution < 1.29 is 23.0 Å². The lowest BCUT2D eigenvalue weighted by atomic mass is 10.0. The number of nitrogens with zero attached hydrogens (tertiary/aromatic N) is 3. The number of hydrogen-bond donors (Lipinski definition) is 1. The van der Waals surface area contributed by atoms with Gasteiger partial charge in [-0.1, -0.05) is 31.4 Å². The lowest BCUT2D eigenvalue weighted by Gasteiger charge is -2.20. The summed E-state index contributed by atoms with van der Waals surface area (Å²) in [5.74, 6) is 1.31. The lowest BCUT2D eigenvalue weighted by Crippen LogP contribution is -2.32. The predicted molar refractivity (Wildman–Crippen MR) is 134 cm³/mol. The first-order valence-corrected chi connectivity index (χ1v) is 11.9. The molecule has 0 fully saturated rings. The van der Waals surface area contributed by atoms with Gasteiger partial charge in [-0.15, -0.1) is 0 Å². The summed E-state index contributed by atoms with van der Waals surface area (Å²) in [6.07, 6.45) is 4.12. The molecule has 1 N–H and O–H groups in total. The molecule has 0 atom stereocenters. The van der Waals surface area contributed by atoms with E-state index in [0.29, 0.717) is 23.3 Å². The summed E-state index contributed by atoms with van der Waals surface area (Å²) >= 11 is 0. The third-order valence-corrected chi connectivity index (χ3v) is 5.16. The third kappa shape index (κ3) is 7.75. The van der Waals surface area contributed by atoms with Crippen molar-refractivity contribution in [2.45, 2.75) is 65.5 Å². The highest BCUT2D eigenvalue weighted by atomic mass is 19.3. The molecule has 0 spiro atoms. The van der Waals surface area contributed by atoms with Gasteiger partial charge >= 0.3 is 12.0 Å². The van der Waals surface area contributed by atoms with Crippen LogP contribution in [0.5, 0.6) is 0 Å². The molecule has 3 rings (SSSR count). The van der Waals surface area contributed by atoms with Gasteiger partial charge in [-0.2, -0.15) is 13.9 Å². The van der Waals surface area contributed by atoms with Gasteiger partial charge in [0.15, 0.2) is 0 Å². The Morgan fingerprint density at radius 3 is 2.69 bits per heavy atom. The van der Waals surface area contributed by atoms with Crippen LogP contribution in [0.3, 0.4) is 0 Å². The van der Waals surface area contributed by atoms with Gasteiger partial charge in [-0.25, -0.2) is 14.3 Å². The molecule has 0 saturated heterocycles. The Morgan fingerprint density at radius 2 is 2.00 bits per heavy atom. The van der Waals surface area contributed by atoms with Crippen LogP contribution < -0.4 is 5.32 Å². The minimum atomic E-state index is -3.24. The highest BCUT2D eigenvalue weighted by Crippen LogP contribution is 2.25. The average Bonchev–Trinajstić information content (AvgIpc) is 3.22. The number of aryl methyl sites for hydroxylation is 1. The average molecular weight is 499 g/mol. The Bertz CT molecular complexity index is 1270. The number of halogens is 2. The summed E-state index contributed by atoms with van der Waals surface area (Å²) in [4.78, 5) is 16.4. The van der Waals surface area contributed by atoms with Crippen LogP contribution >= 0.6 is 0 Å². The predicted octanol–water partition coefficient (Wildman–Crippen LogP) is 5.53. The smallest absolute Gasteiger partial charge is 0.407 e. The number of alkyl halides is 2. The standard InChI is InChI=1S/C27H32F2N4O3/c1-6-7-12-35-17-27(28,29)11-10-20-14-23-24(31-18-32-33(23)16-20)21-8-9-22(19(2)13-21)15-30-25(34)36-26(3,4)5/h8-9,13-14,16,18H,6-7,12,15,17H2,1-5H3,(H,30,34). The number of benzene rings is 1. The number of rotatable bonds is 8. The molecule has 2 aromatic heterocycles. The first kappa shape index (κ1) is 27.1. The zero-order valence-corrected chi connectivity index (χ0v) is 21.3. The molecular weight excluding hydrogens is 466 g/mol. The van der Waals surface area contributed by atoms with Crippen LogP contribution in [0.2, 0.25) is 0 Å². The fourth-order valence-corrected chi connectivity index (χ4v) is 3.39. The Balaban J connectivity index is 1.77. The minimum Gasteiger partial charge on any atom is -0.444 e. The van der Waals surface area contributed by atoms with Gasteiger partial charge in [0, 0.05) is 30.5 Å². The largest absolute Gasteiger partial charge is 0.444 e. The van der Waals surface area contributed by atoms with Crippen molar-refractivity contribution >= 4 is 11.6 Å². The molecule has 1 amide bonds. The summed E-state index contributed by atoms with van der Waals surface area (Å²) in [5.41, 5.74) is 3.83. The molecule has 0 aliphatic rings. The number of carbonyl (C=O) groups excluding carboxylic acids is 1. The lowest BCUT2D eigenvalue weighted by molar-refractivity contribution is -0.0332. The molecule has 9 heteroatoms. The van der Waals surface area contributed by atoms with Crippen LogP contribution in [0.25, 0.3) is 16.8 Å². The van der Waals surface area contributed by atoms with Crippen molar-refractivity contribution in [2.24, 2.45) is 0 Å². The molecule has 0 aliphatic heterocycles. The van der Waals surface area contributed by atoms with Crippen molar-refractivity contribution in [2.75, 3.05) is 13.2 Å². The van der Waals surface area contributed by atoms with Gasteiger partial charge in [0.2, 0.25) is 0 Å². The monoisotopic (exact) mass is 498 g/mol. The van der Waals surface area contributed by atoms with Crippen LogP contribution in [0.4, 0.5) is 13.6 Å². The van der Waals surface area contributed by atoms with Crippen molar-refractivity contribution in [3.8, 4) is 23.1 Å². The molecule has 2 heterocycles. The Kier molecular flexibility index (Phi) is 8.64. The van der Waals surface area contributed by atoms with E-state index in [-0.39, 0.29) is 6.61 Å². The summed E-state index contributed by atoms with van der Waals surface area (Å²) in [5, 5.41) is 6.94. The second-order valence-corrected chi connectivity index (χ2v) is 9.52. The fraction of sp³-hybridized carbons (Fsp3) is 0.444. The van der Waals surface area contributed by atoms with Crippen LogP contribution in [0.15, 0.2) is 36.8 Å². The summed E-state index contributed by atoms with van der Waals surface area (Å²) in [7, 11) is 0. The van der Waals surface area contributed by atoms with E-state index in [1.165, 1.54) is 6.33 Å². The number of unbranched alkanes of at least 4 members (excludes halogenated alkanes) is 1. The zero-order valence-electron chi connectivity index (χ0n) is 21.3. The second kappa shape index (κ2) is 11.5. The molecule has 192 valence electrons. The van der Waals surface area contributed by atoms with Crippen molar-refractivity contribution in [1.29, 1.82) is 0 Å². The first-order valence-electron chi connectivity index (χ1n) is 11.9. The van der Waals surface area contributed by atoms with Gasteiger partial charge in [0.25, 0.3) is 0 Å². The van der Waals surface area contributed by atoms with E-state index in [2.05, 4.69) is 21.3 Å². The normalized spacial score (nSPS) is 11.8. The number of nitrogens with one attached hydrogen (secondary N) is 1. The minimum absolute atomic E-state index is 0.290. The molecule has 0 bridgehead atoms. The number of alkyl carbamates (subject to hydrolysis) is 1. The Morgan fingerprint density at radius 1 is 1.22 bits per heavy atom. The van der Waals surface area contributed by atoms with Gasteiger partial charge in [-0.3, -0.25) is 0 Å². The molecule has 36 heavy (non-hydrogen) atoms. The molecule has 0 aliphatic carbocycles. The zero-order chi connectivity index (χ0) is 26.3. The van der Waals surface area contributed by atoms with E-state index >= 15 is 0 Å². The molecule has 7 nitrogen and oxygen atoms in total. The number of ether oxygens (including phenoxy) is 2. The molecular formula is C27H32F2N4O3. The number of fused-ring (bicyclic) bond motifs is 1. The SMILES string of the molecule is CCCCOCC(F)(F)C#Cc1cc2c(-c3ccc(CNC(=O)OC(C)(C)C)c(C)c3)ncnn2c1. The maximum absolute atomic E-state index is 14.0. The fourth-order valence-electron chi connectivity index (χ4n) is 3.39. The van der Waals surface area contributed by atoms with E-state index in [0.717, 1.165) is 29.5 Å². The summed E-state index contributed by atoms with van der Waals surface area (Å²) in [6.45, 7) is 9.21. The highest BCUT2D eigenvalue weighted by Gasteiger charge is 2.26. The maximum Gasteiger partial charge on any atom is 0.407 e. The third-order valence-electron chi connectivity index (χ3n) is 5.16. The van der Waals surface area contributed by atoms with E-state index in [9.17, 15) is 13.6 Å². The molecule has 3 aromatic rings. The second-order valence-electron chi connectivity index (χ2n) is 9.52. The Hall–Kier alpha value is -3.51. The van der Waals surface area contributed by atoms with E-state index < -0.39 is 24.2 Å². The number of carbonyl (C=O) groups is 1. The molecule has 0 saturated carbocycles. The van der Waals surface area contributed by atoms with Crippen LogP contribution in [0.1, 0.15) is 57.2 Å². The summed E-state index contributed by atoms with van der Waals surface area (Å²) < 4.78 is 40.0. The van der Waals surface area contributed by atoms with Crippen molar-refractivity contribution in [3.05, 3.63) is 53.5 Å². The van der Waals surface area contributed by atoms with Crippen molar-refractivity contribution in [3.63, 3.8) is 0 Å². The molecule has 0 radical (unpaired) electrons. The van der Waals surface area contributed by atoms with Crippen LogP contribution in [-0.4, -0.2) is 45.4 Å². The van der Waals surface area contributed by atoms with E-state index in [1.807, 2.05) is 58.7 Å². The first-order chi connectivity index (χ1) is 17.0. The van der Waals surface area contributed by atoms with Gasteiger partial charge in [-0.05, 0) is 63.3 Å². The van der Waals surface area contributed by atoms with E-state index in [1.54, 1.807) is 16.8 Å². The van der Waals surface area contributed by atoms with E-state index in [4.69, 9.17) is 9.47 Å². The molecule has 0 unspecified atom stereocenters. The van der Waals surface area contributed by atoms with Crippen molar-refractivity contribution in [1.82, 2.24) is 19.9 Å². The van der Waals surface area contributed by atoms with Crippen LogP contribution in [0, 0.1) is 18.8 Å². The molecule has 1 aromatic carbocycles. The van der Waals surface area contributed by atoms with Crippen LogP contribution in [-0.2, 0) is 16.0 Å². The Labute approximate surface area is 210 Å². The maximum atomic E-state index is 14.0. The van der Waals surface area contributed by atoms with Gasteiger partial charge < -0.3 is 14.8 Å². The number of aromatic nitrogens is 3. The quantitative estimate of drug-likeness (QED) is 0.326. The number of amides is 1. The van der Waals surface area contributed by atoms with Gasteiger partial charge in [0.05, 0.1) is 11.2 Å².